The molecule has 0 aliphatic heterocycles. The zero-order chi connectivity index (χ0) is 13.9. The number of nitrogens with two attached hydrogens (primary N) is 2. The van der Waals surface area contributed by atoms with Gasteiger partial charge in [0.2, 0.25) is 15.9 Å². The first-order valence-electron chi connectivity index (χ1n) is 5.39. The molecule has 0 heterocycles. The highest BCUT2D eigenvalue weighted by molar-refractivity contribution is 7.89. The number of nitrogens with one attached hydrogen (secondary N) is 1. The molecule has 1 aromatic carbocycles. The van der Waals surface area contributed by atoms with Gasteiger partial charge >= 0.3 is 0 Å². The van der Waals surface area contributed by atoms with Crippen LogP contribution in [-0.4, -0.2) is 20.4 Å². The standard InChI is InChI=1S/C11H17N3O3S/c1-7(6-11(13)15)14-18(16,17)10-5-3-4-9(12)8(10)2/h3-5,7,14H,6,12H2,1-2H3,(H2,13,15). The van der Waals surface area contributed by atoms with Crippen LogP contribution in [0.25, 0.3) is 0 Å². The Morgan fingerprint density at radius 3 is 2.61 bits per heavy atom. The minimum absolute atomic E-state index is 0.0550. The van der Waals surface area contributed by atoms with E-state index in [1.807, 2.05) is 0 Å². The van der Waals surface area contributed by atoms with Crippen LogP contribution in [0.2, 0.25) is 0 Å². The molecule has 5 N–H and O–H groups in total. The number of hydrogen-bond donors (Lipinski definition) is 3. The van der Waals surface area contributed by atoms with E-state index in [0.29, 0.717) is 11.3 Å². The van der Waals surface area contributed by atoms with Crippen LogP contribution in [0.1, 0.15) is 18.9 Å². The fourth-order valence-electron chi connectivity index (χ4n) is 1.59. The third-order valence-electron chi connectivity index (χ3n) is 2.48. The van der Waals surface area contributed by atoms with E-state index in [-0.39, 0.29) is 11.3 Å². The molecule has 0 aliphatic carbocycles. The van der Waals surface area contributed by atoms with Gasteiger partial charge < -0.3 is 11.5 Å². The molecule has 0 aromatic heterocycles. The van der Waals surface area contributed by atoms with E-state index in [2.05, 4.69) is 4.72 Å². The van der Waals surface area contributed by atoms with Crippen molar-refractivity contribution in [3.8, 4) is 0 Å². The van der Waals surface area contributed by atoms with Crippen molar-refractivity contribution in [1.82, 2.24) is 4.72 Å². The van der Waals surface area contributed by atoms with Crippen LogP contribution < -0.4 is 16.2 Å². The Balaban J connectivity index is 3.00. The van der Waals surface area contributed by atoms with Crippen LogP contribution >= 0.6 is 0 Å². The fraction of sp³-hybridized carbons (Fsp3) is 0.364. The number of anilines is 1. The van der Waals surface area contributed by atoms with Crippen LogP contribution in [0, 0.1) is 6.92 Å². The van der Waals surface area contributed by atoms with E-state index < -0.39 is 22.0 Å². The Bertz CT molecular complexity index is 555. The smallest absolute Gasteiger partial charge is 0.241 e. The van der Waals surface area contributed by atoms with Gasteiger partial charge in [-0.1, -0.05) is 6.07 Å². The number of benzene rings is 1. The maximum absolute atomic E-state index is 12.1. The van der Waals surface area contributed by atoms with Gasteiger partial charge in [0.05, 0.1) is 4.90 Å². The second-order valence-corrected chi connectivity index (χ2v) is 5.85. The van der Waals surface area contributed by atoms with E-state index in [0.717, 1.165) is 0 Å². The molecule has 18 heavy (non-hydrogen) atoms. The van der Waals surface area contributed by atoms with Gasteiger partial charge in [0.15, 0.2) is 0 Å². The summed E-state index contributed by atoms with van der Waals surface area (Å²) in [5.74, 6) is -0.561. The zero-order valence-corrected chi connectivity index (χ0v) is 11.1. The van der Waals surface area contributed by atoms with Crippen LogP contribution in [0.15, 0.2) is 23.1 Å². The summed E-state index contributed by atoms with van der Waals surface area (Å²) in [4.78, 5) is 10.8. The Morgan fingerprint density at radius 2 is 2.06 bits per heavy atom. The molecular weight excluding hydrogens is 254 g/mol. The lowest BCUT2D eigenvalue weighted by atomic mass is 10.2. The molecule has 7 heteroatoms. The van der Waals surface area contributed by atoms with E-state index in [4.69, 9.17) is 11.5 Å². The van der Waals surface area contributed by atoms with Gasteiger partial charge in [-0.05, 0) is 31.5 Å². The Hall–Kier alpha value is -1.60. The first-order chi connectivity index (χ1) is 8.24. The topological polar surface area (TPSA) is 115 Å². The third-order valence-corrected chi connectivity index (χ3v) is 4.21. The maximum atomic E-state index is 12.1. The van der Waals surface area contributed by atoms with Gasteiger partial charge in [-0.25, -0.2) is 13.1 Å². The van der Waals surface area contributed by atoms with E-state index >= 15 is 0 Å². The van der Waals surface area contributed by atoms with Gasteiger partial charge in [-0.15, -0.1) is 0 Å². The summed E-state index contributed by atoms with van der Waals surface area (Å²) in [5, 5.41) is 0. The van der Waals surface area contributed by atoms with Crippen molar-refractivity contribution in [2.24, 2.45) is 5.73 Å². The molecule has 100 valence electrons. The summed E-state index contributed by atoms with van der Waals surface area (Å²) >= 11 is 0. The zero-order valence-electron chi connectivity index (χ0n) is 10.3. The van der Waals surface area contributed by atoms with Gasteiger partial charge in [0.1, 0.15) is 0 Å². The highest BCUT2D eigenvalue weighted by atomic mass is 32.2. The van der Waals surface area contributed by atoms with Gasteiger partial charge in [-0.3, -0.25) is 4.79 Å². The summed E-state index contributed by atoms with van der Waals surface area (Å²) < 4.78 is 26.5. The molecule has 0 saturated heterocycles. The van der Waals surface area contributed by atoms with Crippen molar-refractivity contribution >= 4 is 21.6 Å². The molecule has 0 aliphatic rings. The number of amides is 1. The fourth-order valence-corrected chi connectivity index (χ4v) is 3.11. The summed E-state index contributed by atoms with van der Waals surface area (Å²) in [5.41, 5.74) is 11.6. The minimum atomic E-state index is -3.70. The van der Waals surface area contributed by atoms with Crippen molar-refractivity contribution in [1.29, 1.82) is 0 Å². The van der Waals surface area contributed by atoms with Gasteiger partial charge in [0, 0.05) is 18.2 Å². The molecule has 0 bridgehead atoms. The largest absolute Gasteiger partial charge is 0.398 e. The molecule has 6 nitrogen and oxygen atoms in total. The highest BCUT2D eigenvalue weighted by Crippen LogP contribution is 2.20. The first kappa shape index (κ1) is 14.5. The van der Waals surface area contributed by atoms with Gasteiger partial charge in [-0.2, -0.15) is 0 Å². The third kappa shape index (κ3) is 3.44. The summed E-state index contributed by atoms with van der Waals surface area (Å²) in [6, 6.07) is 4.09. The minimum Gasteiger partial charge on any atom is -0.398 e. The normalized spacial score (nSPS) is 13.2. The molecule has 1 rings (SSSR count). The second-order valence-electron chi connectivity index (χ2n) is 4.16. The van der Waals surface area contributed by atoms with Gasteiger partial charge in [0.25, 0.3) is 0 Å². The molecule has 0 fully saturated rings. The number of sulfonamides is 1. The van der Waals surface area contributed by atoms with E-state index in [1.54, 1.807) is 26.0 Å². The Morgan fingerprint density at radius 1 is 1.44 bits per heavy atom. The van der Waals surface area contributed by atoms with Crippen molar-refractivity contribution < 1.29 is 13.2 Å². The molecule has 1 aromatic rings. The number of carbonyl (C=O) groups is 1. The van der Waals surface area contributed by atoms with E-state index in [1.165, 1.54) is 6.07 Å². The molecule has 0 spiro atoms. The van der Waals surface area contributed by atoms with Crippen molar-refractivity contribution in [2.75, 3.05) is 5.73 Å². The lowest BCUT2D eigenvalue weighted by molar-refractivity contribution is -0.118. The van der Waals surface area contributed by atoms with Crippen molar-refractivity contribution in [3.63, 3.8) is 0 Å². The predicted molar refractivity (Wildman–Crippen MR) is 69.2 cm³/mol. The molecule has 1 unspecified atom stereocenters. The number of carbonyl (C=O) groups excluding carboxylic acids is 1. The lowest BCUT2D eigenvalue weighted by Crippen LogP contribution is -2.36. The molecule has 0 radical (unpaired) electrons. The molecule has 1 amide bonds. The average molecular weight is 271 g/mol. The van der Waals surface area contributed by atoms with Crippen LogP contribution in [-0.2, 0) is 14.8 Å². The van der Waals surface area contributed by atoms with Crippen LogP contribution in [0.4, 0.5) is 5.69 Å². The highest BCUT2D eigenvalue weighted by Gasteiger charge is 2.20. The first-order valence-corrected chi connectivity index (χ1v) is 6.88. The second kappa shape index (κ2) is 5.36. The Labute approximate surface area is 106 Å². The molecule has 1 atom stereocenters. The number of hydrogen-bond acceptors (Lipinski definition) is 4. The Kier molecular flexibility index (Phi) is 4.31. The number of nitrogen functional groups attached to an aromatic ring is 1. The van der Waals surface area contributed by atoms with E-state index in [9.17, 15) is 13.2 Å². The summed E-state index contributed by atoms with van der Waals surface area (Å²) in [6.07, 6.45) is -0.0550. The van der Waals surface area contributed by atoms with Crippen LogP contribution in [0.5, 0.6) is 0 Å². The number of rotatable bonds is 5. The molecular formula is C11H17N3O3S. The quantitative estimate of drug-likeness (QED) is 0.659. The lowest BCUT2D eigenvalue weighted by Gasteiger charge is -2.14. The monoisotopic (exact) mass is 271 g/mol. The number of primary amides is 1. The SMILES string of the molecule is Cc1c(N)cccc1S(=O)(=O)NC(C)CC(N)=O. The average Bonchev–Trinajstić information content (AvgIpc) is 2.19. The summed E-state index contributed by atoms with van der Waals surface area (Å²) in [6.45, 7) is 3.20. The molecule has 0 saturated carbocycles. The van der Waals surface area contributed by atoms with Crippen LogP contribution in [0.3, 0.4) is 0 Å². The predicted octanol–water partition coefficient (Wildman–Crippen LogP) is 0.119. The maximum Gasteiger partial charge on any atom is 0.241 e. The van der Waals surface area contributed by atoms with Crippen molar-refractivity contribution in [2.45, 2.75) is 31.2 Å². The summed E-state index contributed by atoms with van der Waals surface area (Å²) in [7, 11) is -3.70. The van der Waals surface area contributed by atoms with Crippen molar-refractivity contribution in [3.05, 3.63) is 23.8 Å².